The number of fused-ring (bicyclic) bond motifs is 1. The Morgan fingerprint density at radius 2 is 1.77 bits per heavy atom. The van der Waals surface area contributed by atoms with Gasteiger partial charge in [-0.3, -0.25) is 10.2 Å². The van der Waals surface area contributed by atoms with Crippen LogP contribution >= 0.6 is 23.1 Å². The number of carbonyl (C=O) groups is 1. The van der Waals surface area contributed by atoms with Crippen LogP contribution in [0, 0.1) is 12.3 Å². The van der Waals surface area contributed by atoms with Crippen LogP contribution in [0.3, 0.4) is 0 Å². The molecule has 0 bridgehead atoms. The summed E-state index contributed by atoms with van der Waals surface area (Å²) in [6.45, 7) is 1.83. The standard InChI is InChI=1S/C22H17N5OS2/c1-13-24-25-22(29-13)27-20(28)18(30-21(27)23)12-16-15-10-6-7-11-17(15)26(2)19(16)14-8-4-3-5-9-14/h3-12,23H,1-2H3/b18-12-,23-21?. The van der Waals surface area contributed by atoms with Crippen LogP contribution in [0.5, 0.6) is 0 Å². The molecule has 1 aliphatic heterocycles. The number of hydrogen-bond donors (Lipinski definition) is 1. The lowest BCUT2D eigenvalue weighted by atomic mass is 10.0. The third-order valence-corrected chi connectivity index (χ3v) is 6.71. The Bertz CT molecular complexity index is 1340. The molecule has 0 spiro atoms. The monoisotopic (exact) mass is 431 g/mol. The minimum absolute atomic E-state index is 0.142. The summed E-state index contributed by atoms with van der Waals surface area (Å²) in [6.07, 6.45) is 1.90. The molecule has 1 aliphatic rings. The van der Waals surface area contributed by atoms with Crippen molar-refractivity contribution in [3.63, 3.8) is 0 Å². The van der Waals surface area contributed by atoms with Crippen LogP contribution in [0.15, 0.2) is 59.5 Å². The molecule has 4 aromatic rings. The van der Waals surface area contributed by atoms with Crippen molar-refractivity contribution in [2.75, 3.05) is 4.90 Å². The van der Waals surface area contributed by atoms with Crippen molar-refractivity contribution in [3.8, 4) is 11.3 Å². The van der Waals surface area contributed by atoms with E-state index in [2.05, 4.69) is 39.0 Å². The molecule has 2 aromatic carbocycles. The first-order valence-corrected chi connectivity index (χ1v) is 10.9. The van der Waals surface area contributed by atoms with Gasteiger partial charge in [0.05, 0.1) is 10.6 Å². The van der Waals surface area contributed by atoms with E-state index in [-0.39, 0.29) is 11.1 Å². The van der Waals surface area contributed by atoms with Gasteiger partial charge in [-0.15, -0.1) is 10.2 Å². The van der Waals surface area contributed by atoms with E-state index in [9.17, 15) is 4.79 Å². The molecule has 0 radical (unpaired) electrons. The summed E-state index contributed by atoms with van der Waals surface area (Å²) in [5, 5.41) is 18.8. The summed E-state index contributed by atoms with van der Waals surface area (Å²) >= 11 is 2.46. The van der Waals surface area contributed by atoms with Gasteiger partial charge in [0.2, 0.25) is 5.13 Å². The molecule has 1 amide bonds. The predicted octanol–water partition coefficient (Wildman–Crippen LogP) is 5.06. The summed E-state index contributed by atoms with van der Waals surface area (Å²) < 4.78 is 2.15. The minimum Gasteiger partial charge on any atom is -0.343 e. The van der Waals surface area contributed by atoms with Crippen molar-refractivity contribution < 1.29 is 4.79 Å². The van der Waals surface area contributed by atoms with Gasteiger partial charge in [-0.25, -0.2) is 4.90 Å². The van der Waals surface area contributed by atoms with E-state index in [1.54, 1.807) is 0 Å². The van der Waals surface area contributed by atoms with Crippen molar-refractivity contribution in [3.05, 3.63) is 70.1 Å². The van der Waals surface area contributed by atoms with Crippen LogP contribution in [0.25, 0.3) is 28.2 Å². The molecule has 148 valence electrons. The number of para-hydroxylation sites is 1. The predicted molar refractivity (Wildman–Crippen MR) is 124 cm³/mol. The molecule has 1 saturated heterocycles. The van der Waals surface area contributed by atoms with E-state index in [0.717, 1.165) is 44.5 Å². The zero-order valence-electron chi connectivity index (χ0n) is 16.3. The number of benzene rings is 2. The zero-order valence-corrected chi connectivity index (χ0v) is 17.9. The Balaban J connectivity index is 1.68. The first kappa shape index (κ1) is 18.8. The third kappa shape index (κ3) is 2.96. The van der Waals surface area contributed by atoms with E-state index in [1.807, 2.05) is 50.4 Å². The van der Waals surface area contributed by atoms with Gasteiger partial charge >= 0.3 is 0 Å². The molecule has 3 heterocycles. The molecule has 1 N–H and O–H groups in total. The second kappa shape index (κ2) is 7.23. The molecule has 2 aromatic heterocycles. The molecule has 8 heteroatoms. The fourth-order valence-electron chi connectivity index (χ4n) is 3.68. The van der Waals surface area contributed by atoms with Gasteiger partial charge in [-0.1, -0.05) is 59.9 Å². The van der Waals surface area contributed by atoms with Gasteiger partial charge in [0.1, 0.15) is 5.01 Å². The number of anilines is 1. The van der Waals surface area contributed by atoms with Crippen LogP contribution in [-0.4, -0.2) is 25.8 Å². The number of rotatable bonds is 3. The number of amidine groups is 1. The Hall–Kier alpha value is -3.23. The topological polar surface area (TPSA) is 74.9 Å². The molecule has 6 nitrogen and oxygen atoms in total. The van der Waals surface area contributed by atoms with E-state index in [0.29, 0.717) is 10.0 Å². The van der Waals surface area contributed by atoms with E-state index < -0.39 is 0 Å². The molecule has 0 aliphatic carbocycles. The minimum atomic E-state index is -0.243. The number of thioether (sulfide) groups is 1. The number of aromatic nitrogens is 3. The molecule has 5 rings (SSSR count). The van der Waals surface area contributed by atoms with Crippen molar-refractivity contribution in [2.24, 2.45) is 7.05 Å². The Kier molecular flexibility index (Phi) is 4.52. The Morgan fingerprint density at radius 3 is 2.50 bits per heavy atom. The van der Waals surface area contributed by atoms with Crippen LogP contribution in [0.2, 0.25) is 0 Å². The number of nitrogens with one attached hydrogen (secondary N) is 1. The fourth-order valence-corrected chi connectivity index (χ4v) is 5.26. The number of nitrogens with zero attached hydrogens (tertiary/aromatic N) is 4. The maximum atomic E-state index is 13.1. The summed E-state index contributed by atoms with van der Waals surface area (Å²) in [5.74, 6) is -0.243. The van der Waals surface area contributed by atoms with E-state index in [1.165, 1.54) is 16.2 Å². The van der Waals surface area contributed by atoms with Gasteiger partial charge in [0.25, 0.3) is 5.91 Å². The highest BCUT2D eigenvalue weighted by atomic mass is 32.2. The molecule has 30 heavy (non-hydrogen) atoms. The summed E-state index contributed by atoms with van der Waals surface area (Å²) in [5.41, 5.74) is 4.17. The van der Waals surface area contributed by atoms with E-state index in [4.69, 9.17) is 5.41 Å². The van der Waals surface area contributed by atoms with Crippen molar-refractivity contribution in [1.29, 1.82) is 5.41 Å². The van der Waals surface area contributed by atoms with Gasteiger partial charge in [0.15, 0.2) is 5.17 Å². The molecular formula is C22H17N5OS2. The SMILES string of the molecule is Cc1nnc(N2C(=N)S/C(=C\c3c(-c4ccccc4)n(C)c4ccccc34)C2=O)s1. The van der Waals surface area contributed by atoms with Crippen LogP contribution in [0.1, 0.15) is 10.6 Å². The van der Waals surface area contributed by atoms with Crippen LogP contribution < -0.4 is 4.90 Å². The van der Waals surface area contributed by atoms with Crippen molar-refractivity contribution in [1.82, 2.24) is 14.8 Å². The highest BCUT2D eigenvalue weighted by molar-refractivity contribution is 8.19. The van der Waals surface area contributed by atoms with Gasteiger partial charge in [-0.2, -0.15) is 0 Å². The first-order chi connectivity index (χ1) is 14.5. The number of amides is 1. The normalized spacial score (nSPS) is 15.7. The van der Waals surface area contributed by atoms with Gasteiger partial charge in [0, 0.05) is 23.5 Å². The average Bonchev–Trinajstić information content (AvgIpc) is 3.38. The first-order valence-electron chi connectivity index (χ1n) is 9.30. The molecule has 0 unspecified atom stereocenters. The van der Waals surface area contributed by atoms with Gasteiger partial charge in [-0.05, 0) is 36.4 Å². The highest BCUT2D eigenvalue weighted by Crippen LogP contribution is 2.40. The number of hydrogen-bond acceptors (Lipinski definition) is 6. The smallest absolute Gasteiger partial charge is 0.273 e. The van der Waals surface area contributed by atoms with Crippen molar-refractivity contribution in [2.45, 2.75) is 6.92 Å². The number of carbonyl (C=O) groups excluding carboxylic acids is 1. The lowest BCUT2D eigenvalue weighted by Crippen LogP contribution is -2.27. The third-order valence-electron chi connectivity index (χ3n) is 5.00. The lowest BCUT2D eigenvalue weighted by Gasteiger charge is -2.08. The maximum absolute atomic E-state index is 13.1. The molecular weight excluding hydrogens is 414 g/mol. The molecule has 0 atom stereocenters. The zero-order chi connectivity index (χ0) is 20.8. The lowest BCUT2D eigenvalue weighted by molar-refractivity contribution is -0.113. The quantitative estimate of drug-likeness (QED) is 0.460. The Labute approximate surface area is 181 Å². The second-order valence-corrected chi connectivity index (χ2v) is 9.06. The number of aryl methyl sites for hydroxylation is 2. The summed E-state index contributed by atoms with van der Waals surface area (Å²) in [4.78, 5) is 15.0. The molecule has 1 fully saturated rings. The van der Waals surface area contributed by atoms with Crippen LogP contribution in [0.4, 0.5) is 5.13 Å². The summed E-state index contributed by atoms with van der Waals surface area (Å²) in [6, 6.07) is 18.3. The largest absolute Gasteiger partial charge is 0.343 e. The summed E-state index contributed by atoms with van der Waals surface area (Å²) in [7, 11) is 2.04. The molecule has 0 saturated carbocycles. The Morgan fingerprint density at radius 1 is 1.03 bits per heavy atom. The second-order valence-electron chi connectivity index (χ2n) is 6.86. The van der Waals surface area contributed by atoms with Gasteiger partial charge < -0.3 is 4.57 Å². The average molecular weight is 432 g/mol. The fraction of sp³-hybridized carbons (Fsp3) is 0.0909. The highest BCUT2D eigenvalue weighted by Gasteiger charge is 2.36. The van der Waals surface area contributed by atoms with Crippen LogP contribution in [-0.2, 0) is 11.8 Å². The van der Waals surface area contributed by atoms with E-state index >= 15 is 0 Å². The maximum Gasteiger partial charge on any atom is 0.273 e. The van der Waals surface area contributed by atoms with Crippen molar-refractivity contribution >= 4 is 56.3 Å².